The van der Waals surface area contributed by atoms with E-state index in [1.165, 1.54) is 18.5 Å². The second-order valence-corrected chi connectivity index (χ2v) is 10.2. The average molecular weight is 567 g/mol. The monoisotopic (exact) mass is 566 g/mol. The summed E-state index contributed by atoms with van der Waals surface area (Å²) < 4.78 is 34.4. The van der Waals surface area contributed by atoms with Crippen LogP contribution >= 0.6 is 0 Å². The summed E-state index contributed by atoms with van der Waals surface area (Å²) in [6.45, 7) is 0.779. The second kappa shape index (κ2) is 10.4. The molecule has 0 aliphatic carbocycles. The van der Waals surface area contributed by atoms with Gasteiger partial charge in [-0.05, 0) is 54.7 Å². The topological polar surface area (TPSA) is 130 Å². The van der Waals surface area contributed by atoms with Crippen molar-refractivity contribution in [2.45, 2.75) is 32.1 Å². The molecule has 3 aromatic heterocycles. The number of aromatic hydroxyl groups is 1. The van der Waals surface area contributed by atoms with Gasteiger partial charge < -0.3 is 25.1 Å². The number of aromatic nitrogens is 5. The number of rotatable bonds is 6. The van der Waals surface area contributed by atoms with Gasteiger partial charge in [-0.25, -0.2) is 19.0 Å². The Morgan fingerprint density at radius 3 is 2.62 bits per heavy atom. The van der Waals surface area contributed by atoms with Crippen molar-refractivity contribution in [1.82, 2.24) is 24.7 Å². The van der Waals surface area contributed by atoms with E-state index in [4.69, 9.17) is 24.9 Å². The minimum Gasteiger partial charge on any atom is -0.506 e. The molecule has 6 aromatic rings. The summed E-state index contributed by atoms with van der Waals surface area (Å²) in [6, 6.07) is 12.1. The molecule has 1 unspecified atom stereocenters. The number of halogens is 1. The van der Waals surface area contributed by atoms with E-state index in [9.17, 15) is 5.11 Å². The smallest absolute Gasteiger partial charge is 0.238 e. The van der Waals surface area contributed by atoms with E-state index >= 15 is 4.39 Å². The number of nitrogens with two attached hydrogens (primary N) is 1. The van der Waals surface area contributed by atoms with Crippen molar-refractivity contribution >= 4 is 38.5 Å². The molecule has 42 heavy (non-hydrogen) atoms. The van der Waals surface area contributed by atoms with Crippen LogP contribution in [0.1, 0.15) is 31.1 Å². The van der Waals surface area contributed by atoms with E-state index in [1.54, 1.807) is 30.1 Å². The van der Waals surface area contributed by atoms with Gasteiger partial charge >= 0.3 is 0 Å². The molecule has 3 N–H and O–H groups in total. The first-order valence-corrected chi connectivity index (χ1v) is 13.6. The summed E-state index contributed by atoms with van der Waals surface area (Å²) in [5, 5.41) is 16.5. The maximum Gasteiger partial charge on any atom is 0.238 e. The number of phenols is 1. The van der Waals surface area contributed by atoms with Crippen molar-refractivity contribution in [3.63, 3.8) is 0 Å². The zero-order chi connectivity index (χ0) is 28.8. The summed E-state index contributed by atoms with van der Waals surface area (Å²) >= 11 is 0. The lowest BCUT2D eigenvalue weighted by molar-refractivity contribution is -0.0369. The summed E-state index contributed by atoms with van der Waals surface area (Å²) in [5.74, 6) is 0.400. The highest BCUT2D eigenvalue weighted by atomic mass is 19.1. The fraction of sp³-hybridized carbons (Fsp3) is 0.226. The van der Waals surface area contributed by atoms with Crippen LogP contribution in [-0.4, -0.2) is 43.6 Å². The van der Waals surface area contributed by atoms with E-state index in [1.807, 2.05) is 24.3 Å². The number of anilines is 1. The highest BCUT2D eigenvalue weighted by Gasteiger charge is 2.26. The quantitative estimate of drug-likeness (QED) is 0.236. The number of nitrogen functional groups attached to an aromatic ring is 1. The molecule has 10 nitrogen and oxygen atoms in total. The third-order valence-electron chi connectivity index (χ3n) is 7.62. The first kappa shape index (κ1) is 25.9. The molecule has 0 radical (unpaired) electrons. The molecule has 0 spiro atoms. The molecular formula is C31H27FN6O4. The number of hydrogen-bond donors (Lipinski definition) is 2. The molecule has 0 amide bonds. The number of pyridine rings is 1. The van der Waals surface area contributed by atoms with E-state index < -0.39 is 5.82 Å². The van der Waals surface area contributed by atoms with Crippen LogP contribution in [0.4, 0.5) is 10.1 Å². The summed E-state index contributed by atoms with van der Waals surface area (Å²) in [4.78, 5) is 13.5. The Bertz CT molecular complexity index is 1950. The molecule has 4 heterocycles. The van der Waals surface area contributed by atoms with Gasteiger partial charge in [-0.2, -0.15) is 5.10 Å². The molecule has 1 saturated heterocycles. The SMILES string of the molecule is COc1ccc(COc2nc3c(cc(O)c4nccnc43)c(-c3ccc(F)c4c3cnn4C3CCCCO3)c2N)cc1. The van der Waals surface area contributed by atoms with Gasteiger partial charge in [-0.1, -0.05) is 18.2 Å². The van der Waals surface area contributed by atoms with Gasteiger partial charge in [0.1, 0.15) is 51.7 Å². The molecule has 7 rings (SSSR count). The van der Waals surface area contributed by atoms with Gasteiger partial charge in [-0.3, -0.25) is 4.98 Å². The minimum absolute atomic E-state index is 0.0791. The molecule has 1 aliphatic rings. The van der Waals surface area contributed by atoms with Gasteiger partial charge in [0.2, 0.25) is 5.88 Å². The molecule has 0 bridgehead atoms. The van der Waals surface area contributed by atoms with Crippen molar-refractivity contribution in [2.24, 2.45) is 0 Å². The van der Waals surface area contributed by atoms with Crippen LogP contribution < -0.4 is 15.2 Å². The largest absolute Gasteiger partial charge is 0.506 e. The second-order valence-electron chi connectivity index (χ2n) is 10.2. The fourth-order valence-electron chi connectivity index (χ4n) is 5.57. The molecule has 212 valence electrons. The fourth-order valence-corrected chi connectivity index (χ4v) is 5.57. The summed E-state index contributed by atoms with van der Waals surface area (Å²) in [6.07, 6.45) is 6.96. The summed E-state index contributed by atoms with van der Waals surface area (Å²) in [7, 11) is 1.61. The van der Waals surface area contributed by atoms with Gasteiger partial charge in [-0.15, -0.1) is 0 Å². The van der Waals surface area contributed by atoms with Crippen LogP contribution in [0.25, 0.3) is 44.0 Å². The van der Waals surface area contributed by atoms with E-state index in [-0.39, 0.29) is 30.2 Å². The number of ether oxygens (including phenoxy) is 3. The number of nitrogens with zero attached hydrogens (tertiary/aromatic N) is 5. The minimum atomic E-state index is -0.424. The van der Waals surface area contributed by atoms with Crippen LogP contribution in [-0.2, 0) is 11.3 Å². The molecule has 1 aliphatic heterocycles. The molecular weight excluding hydrogens is 539 g/mol. The highest BCUT2D eigenvalue weighted by molar-refractivity contribution is 6.15. The Labute approximate surface area is 239 Å². The molecule has 1 atom stereocenters. The van der Waals surface area contributed by atoms with Crippen LogP contribution in [0.2, 0.25) is 0 Å². The lowest BCUT2D eigenvalue weighted by atomic mass is 9.95. The van der Waals surface area contributed by atoms with Crippen LogP contribution in [0, 0.1) is 5.82 Å². The normalized spacial score (nSPS) is 15.4. The molecule has 3 aromatic carbocycles. The van der Waals surface area contributed by atoms with Crippen molar-refractivity contribution < 1.29 is 23.7 Å². The van der Waals surface area contributed by atoms with Gasteiger partial charge in [0.25, 0.3) is 0 Å². The third kappa shape index (κ3) is 4.29. The maximum atomic E-state index is 15.4. The Morgan fingerprint density at radius 2 is 1.86 bits per heavy atom. The summed E-state index contributed by atoms with van der Waals surface area (Å²) in [5.41, 5.74) is 10.5. The number of hydrogen-bond acceptors (Lipinski definition) is 9. The first-order chi connectivity index (χ1) is 20.5. The highest BCUT2D eigenvalue weighted by Crippen LogP contribution is 2.45. The Morgan fingerprint density at radius 1 is 1.05 bits per heavy atom. The average Bonchev–Trinajstić information content (AvgIpc) is 3.48. The van der Waals surface area contributed by atoms with Crippen molar-refractivity contribution in [2.75, 3.05) is 19.5 Å². The zero-order valence-electron chi connectivity index (χ0n) is 22.7. The Hall–Kier alpha value is -5.03. The van der Waals surface area contributed by atoms with Gasteiger partial charge in [0.15, 0.2) is 6.23 Å². The first-order valence-electron chi connectivity index (χ1n) is 13.6. The van der Waals surface area contributed by atoms with Crippen molar-refractivity contribution in [3.05, 3.63) is 72.4 Å². The third-order valence-corrected chi connectivity index (χ3v) is 7.62. The predicted octanol–water partition coefficient (Wildman–Crippen LogP) is 5.91. The van der Waals surface area contributed by atoms with E-state index in [0.29, 0.717) is 50.6 Å². The van der Waals surface area contributed by atoms with E-state index in [2.05, 4.69) is 15.1 Å². The predicted molar refractivity (Wildman–Crippen MR) is 156 cm³/mol. The Kier molecular flexibility index (Phi) is 6.43. The Balaban J connectivity index is 1.44. The van der Waals surface area contributed by atoms with Crippen molar-refractivity contribution in [1.29, 1.82) is 0 Å². The van der Waals surface area contributed by atoms with Crippen LogP contribution in [0.15, 0.2) is 61.1 Å². The number of fused-ring (bicyclic) bond motifs is 4. The van der Waals surface area contributed by atoms with Gasteiger partial charge in [0.05, 0.1) is 13.3 Å². The molecule has 1 fully saturated rings. The maximum absolute atomic E-state index is 15.4. The van der Waals surface area contributed by atoms with Crippen molar-refractivity contribution in [3.8, 4) is 28.5 Å². The lowest BCUT2D eigenvalue weighted by Gasteiger charge is -2.23. The lowest BCUT2D eigenvalue weighted by Crippen LogP contribution is -2.19. The molecule has 11 heteroatoms. The zero-order valence-corrected chi connectivity index (χ0v) is 22.7. The number of methoxy groups -OCH3 is 1. The van der Waals surface area contributed by atoms with Gasteiger partial charge in [0, 0.05) is 35.3 Å². The van der Waals surface area contributed by atoms with E-state index in [0.717, 1.165) is 30.6 Å². The molecule has 0 saturated carbocycles. The standard InChI is InChI=1S/C31H27FN6O4/c1-40-18-7-5-17(6-8-18)16-42-31-26(33)25(20-14-23(39)28-29(27(20)37-31)35-12-11-34-28)19-9-10-22(32)30-21(19)15-36-38(30)24-4-2-3-13-41-24/h5-12,14-15,24,39H,2-4,13,16,33H2,1H3. The van der Waals surface area contributed by atoms with Crippen LogP contribution in [0.5, 0.6) is 17.4 Å². The number of phenolic OH excluding ortho intramolecular Hbond substituents is 1. The number of benzene rings is 3. The van der Waals surface area contributed by atoms with Crippen LogP contribution in [0.3, 0.4) is 0 Å².